The van der Waals surface area contributed by atoms with Crippen molar-refractivity contribution >= 4 is 21.9 Å². The third-order valence-corrected chi connectivity index (χ3v) is 7.15. The van der Waals surface area contributed by atoms with E-state index in [0.29, 0.717) is 39.4 Å². The van der Waals surface area contributed by atoms with Crippen LogP contribution in [0.4, 0.5) is 0 Å². The van der Waals surface area contributed by atoms with E-state index in [1.165, 1.54) is 18.5 Å². The molecule has 0 N–H and O–H groups in total. The van der Waals surface area contributed by atoms with Gasteiger partial charge in [0.25, 0.3) is 5.89 Å². The number of furan rings is 1. The van der Waals surface area contributed by atoms with Gasteiger partial charge in [0.2, 0.25) is 5.89 Å². The quantitative estimate of drug-likeness (QED) is 0.164. The number of aryl methyl sites for hydroxylation is 2. The number of rotatable bonds is 4. The summed E-state index contributed by atoms with van der Waals surface area (Å²) < 4.78 is 56.7. The molecule has 0 amide bonds. The van der Waals surface area contributed by atoms with Gasteiger partial charge < -0.3 is 18.8 Å². The molecule has 0 aliphatic heterocycles. The van der Waals surface area contributed by atoms with Crippen LogP contribution in [0.2, 0.25) is 0 Å². The van der Waals surface area contributed by atoms with E-state index in [9.17, 15) is 5.26 Å². The maximum absolute atomic E-state index is 9.82. The predicted molar refractivity (Wildman–Crippen MR) is 177 cm³/mol. The van der Waals surface area contributed by atoms with Crippen molar-refractivity contribution < 1.29 is 37.2 Å². The van der Waals surface area contributed by atoms with Gasteiger partial charge in [0.1, 0.15) is 11.7 Å². The van der Waals surface area contributed by atoms with Gasteiger partial charge in [-0.2, -0.15) is 5.26 Å². The standard InChI is InChI=1S/C27H15N4O2.C12H10N.Ir/c1-16-10-13-22(29-15-16)21-9-5-8-19-20-12-11-18(14-28)23(25(20)32-24(19)21)27-31-30-26(33-27)17-6-3-2-4-7-17;1-10-7-8-12(13-9-10)11-5-3-2-4-6-11;/h2-8,10-13,15H,1H3;2-5,7-9H,1H3;/q2*-1;/i2*1D3;. The van der Waals surface area contributed by atoms with Crippen molar-refractivity contribution in [2.24, 2.45) is 0 Å². The summed E-state index contributed by atoms with van der Waals surface area (Å²) in [6, 6.07) is 38.7. The molecule has 0 aliphatic carbocycles. The van der Waals surface area contributed by atoms with Gasteiger partial charge >= 0.3 is 0 Å². The van der Waals surface area contributed by atoms with Crippen LogP contribution in [-0.2, 0) is 20.1 Å². The number of fused-ring (bicyclic) bond motifs is 3. The number of benzene rings is 4. The van der Waals surface area contributed by atoms with Crippen molar-refractivity contribution in [3.63, 3.8) is 0 Å². The van der Waals surface area contributed by atoms with Crippen LogP contribution < -0.4 is 0 Å². The van der Waals surface area contributed by atoms with E-state index >= 15 is 0 Å². The summed E-state index contributed by atoms with van der Waals surface area (Å²) in [5, 5.41) is 19.7. The Morgan fingerprint density at radius 3 is 2.09 bits per heavy atom. The van der Waals surface area contributed by atoms with Crippen molar-refractivity contribution in [3.8, 4) is 51.5 Å². The summed E-state index contributed by atoms with van der Waals surface area (Å²) in [6.07, 6.45) is 2.73. The summed E-state index contributed by atoms with van der Waals surface area (Å²) in [6.45, 7) is -4.34. The van der Waals surface area contributed by atoms with E-state index in [1.54, 1.807) is 36.4 Å². The van der Waals surface area contributed by atoms with Gasteiger partial charge in [-0.3, -0.25) is 0 Å². The van der Waals surface area contributed by atoms with Crippen molar-refractivity contribution in [1.82, 2.24) is 20.2 Å². The van der Waals surface area contributed by atoms with Gasteiger partial charge in [-0.25, -0.2) is 0 Å². The summed E-state index contributed by atoms with van der Waals surface area (Å²) in [5.74, 6) is 0.496. The Kier molecular flexibility index (Phi) is 7.15. The summed E-state index contributed by atoms with van der Waals surface area (Å²) >= 11 is 0. The average molecular weight is 794 g/mol. The smallest absolute Gasteiger partial charge is 0.253 e. The van der Waals surface area contributed by atoms with Crippen LogP contribution in [0, 0.1) is 37.2 Å². The van der Waals surface area contributed by atoms with Gasteiger partial charge in [0, 0.05) is 51.7 Å². The fraction of sp³-hybridized carbons (Fsp3) is 0.0513. The molecule has 0 saturated heterocycles. The van der Waals surface area contributed by atoms with Crippen molar-refractivity contribution in [3.05, 3.63) is 144 Å². The summed E-state index contributed by atoms with van der Waals surface area (Å²) in [5.41, 5.74) is 5.49. The average Bonchev–Trinajstić information content (AvgIpc) is 3.80. The third-order valence-electron chi connectivity index (χ3n) is 7.15. The van der Waals surface area contributed by atoms with Gasteiger partial charge in [-0.05, 0) is 54.4 Å². The van der Waals surface area contributed by atoms with Crippen molar-refractivity contribution in [2.45, 2.75) is 13.7 Å². The van der Waals surface area contributed by atoms with E-state index in [-0.39, 0.29) is 37.1 Å². The largest absolute Gasteiger partial charge is 0.500 e. The fourth-order valence-corrected chi connectivity index (χ4v) is 4.97. The van der Waals surface area contributed by atoms with Gasteiger partial charge in [-0.1, -0.05) is 59.5 Å². The van der Waals surface area contributed by atoms with Crippen molar-refractivity contribution in [1.29, 1.82) is 5.26 Å². The van der Waals surface area contributed by atoms with Crippen LogP contribution in [0.3, 0.4) is 0 Å². The van der Waals surface area contributed by atoms with Crippen LogP contribution in [0.15, 0.2) is 124 Å². The molecule has 4 aromatic heterocycles. The molecule has 0 fully saturated rings. The first kappa shape index (κ1) is 24.5. The minimum absolute atomic E-state index is 0. The molecular weight excluding hydrogens is 763 g/mol. The Morgan fingerprint density at radius 1 is 0.681 bits per heavy atom. The second-order valence-electron chi connectivity index (χ2n) is 10.1. The summed E-state index contributed by atoms with van der Waals surface area (Å²) in [4.78, 5) is 8.47. The Hall–Kier alpha value is -5.74. The predicted octanol–water partition coefficient (Wildman–Crippen LogP) is 9.20. The van der Waals surface area contributed by atoms with Gasteiger partial charge in [-0.15, -0.1) is 64.3 Å². The fourth-order valence-electron chi connectivity index (χ4n) is 4.97. The molecule has 0 spiro atoms. The van der Waals surface area contributed by atoms with Crippen LogP contribution in [0.25, 0.3) is 67.4 Å². The molecule has 0 unspecified atom stereocenters. The summed E-state index contributed by atoms with van der Waals surface area (Å²) in [7, 11) is 0. The van der Waals surface area contributed by atoms with Gasteiger partial charge in [0.05, 0.1) is 16.7 Å². The molecule has 229 valence electrons. The molecule has 0 saturated carbocycles. The molecule has 4 heterocycles. The van der Waals surface area contributed by atoms with Gasteiger partial charge in [0.15, 0.2) is 0 Å². The normalized spacial score (nSPS) is 13.0. The van der Waals surface area contributed by atoms with E-state index in [0.717, 1.165) is 27.6 Å². The Labute approximate surface area is 293 Å². The van der Waals surface area contributed by atoms with Crippen LogP contribution in [0.1, 0.15) is 24.9 Å². The number of hydrogen-bond acceptors (Lipinski definition) is 7. The Balaban J connectivity index is 0.000000238. The monoisotopic (exact) mass is 794 g/mol. The zero-order valence-corrected chi connectivity index (χ0v) is 26.8. The second-order valence-corrected chi connectivity index (χ2v) is 10.1. The minimum atomic E-state index is -2.24. The Bertz CT molecular complexity index is 2550. The van der Waals surface area contributed by atoms with Crippen LogP contribution in [0.5, 0.6) is 0 Å². The van der Waals surface area contributed by atoms with Crippen LogP contribution >= 0.6 is 0 Å². The molecule has 7 nitrogen and oxygen atoms in total. The third kappa shape index (κ3) is 6.36. The molecule has 0 bridgehead atoms. The molecule has 4 aromatic carbocycles. The second kappa shape index (κ2) is 13.7. The first-order chi connectivity index (χ1) is 25.0. The molecule has 0 atom stereocenters. The van der Waals surface area contributed by atoms with Crippen molar-refractivity contribution in [2.75, 3.05) is 0 Å². The molecule has 0 aliphatic rings. The maximum atomic E-state index is 9.82. The SMILES string of the molecule is [2H]C([2H])([2H])c1ccc(-c2[c-]ccc3c2oc2c(-c4nnc(-c5ccccc5)o4)c(C#N)ccc23)nc1.[2H]C([2H])([2H])c1ccc(-c2[c-]cccc2)nc1.[Ir]. The molecule has 47 heavy (non-hydrogen) atoms. The molecule has 8 aromatic rings. The van der Waals surface area contributed by atoms with E-state index in [1.807, 2.05) is 60.7 Å². The zero-order chi connectivity index (χ0) is 36.5. The first-order valence-electron chi connectivity index (χ1n) is 17.1. The van der Waals surface area contributed by atoms with Crippen LogP contribution in [-0.4, -0.2) is 20.2 Å². The Morgan fingerprint density at radius 2 is 1.40 bits per heavy atom. The molecular formula is C39H25IrN5O2-2. The number of aromatic nitrogens is 4. The molecule has 1 radical (unpaired) electrons. The topological polar surface area (TPSA) is 102 Å². The number of nitriles is 1. The maximum Gasteiger partial charge on any atom is 0.253 e. The number of nitrogens with zero attached hydrogens (tertiary/aromatic N) is 5. The molecule has 8 rings (SSSR count). The molecule has 8 heteroatoms. The zero-order valence-electron chi connectivity index (χ0n) is 30.4. The van der Waals surface area contributed by atoms with E-state index in [4.69, 9.17) is 17.1 Å². The first-order valence-corrected chi connectivity index (χ1v) is 14.1. The minimum Gasteiger partial charge on any atom is -0.500 e. The van der Waals surface area contributed by atoms with E-state index < -0.39 is 13.7 Å². The number of hydrogen-bond donors (Lipinski definition) is 0. The number of pyridine rings is 2. The van der Waals surface area contributed by atoms with E-state index in [2.05, 4.69) is 38.4 Å².